The van der Waals surface area contributed by atoms with E-state index >= 15 is 0 Å². The number of ether oxygens (including phenoxy) is 2. The van der Waals surface area contributed by atoms with E-state index in [0.29, 0.717) is 0 Å². The first-order valence-electron chi connectivity index (χ1n) is 7.32. The topological polar surface area (TPSA) is 187 Å². The summed E-state index contributed by atoms with van der Waals surface area (Å²) >= 11 is 0. The van der Waals surface area contributed by atoms with Crippen molar-refractivity contribution in [3.63, 3.8) is 0 Å². The van der Waals surface area contributed by atoms with Crippen LogP contribution in [-0.2, 0) is 23.9 Å². The Hall–Kier alpha value is -2.97. The SMILES string of the molecule is CC(C)C(=O)OCC(CN=[N+]=[N-])(CN=[N+]=[N-])COC(=O)CCC(=O)O. The molecule has 0 heterocycles. The molecule has 0 radical (unpaired) electrons. The normalized spacial score (nSPS) is 12.3. The summed E-state index contributed by atoms with van der Waals surface area (Å²) in [6, 6.07) is 0. The van der Waals surface area contributed by atoms with E-state index in [1.54, 1.807) is 13.8 Å². The molecule has 12 heteroatoms. The van der Waals surface area contributed by atoms with Crippen molar-refractivity contribution >= 4 is 17.9 Å². The molecular weight excluding hydrogens is 336 g/mol. The first-order chi connectivity index (χ1) is 11.8. The zero-order valence-electron chi connectivity index (χ0n) is 14.0. The number of hydrogen-bond donors (Lipinski definition) is 1. The van der Waals surface area contributed by atoms with E-state index in [1.807, 2.05) is 0 Å². The van der Waals surface area contributed by atoms with E-state index in [1.165, 1.54) is 0 Å². The highest BCUT2D eigenvalue weighted by atomic mass is 16.5. The lowest BCUT2D eigenvalue weighted by molar-refractivity contribution is -0.156. The minimum absolute atomic E-state index is 0.250. The Labute approximate surface area is 143 Å². The molecule has 0 aromatic rings. The molecule has 0 unspecified atom stereocenters. The summed E-state index contributed by atoms with van der Waals surface area (Å²) in [6.45, 7) is 2.08. The molecule has 0 rings (SSSR count). The van der Waals surface area contributed by atoms with Crippen LogP contribution in [0.2, 0.25) is 0 Å². The molecule has 138 valence electrons. The summed E-state index contributed by atoms with van der Waals surface area (Å²) < 4.78 is 10.1. The minimum atomic E-state index is -1.23. The lowest BCUT2D eigenvalue weighted by Gasteiger charge is -2.30. The summed E-state index contributed by atoms with van der Waals surface area (Å²) in [7, 11) is 0. The largest absolute Gasteiger partial charge is 0.481 e. The van der Waals surface area contributed by atoms with Gasteiger partial charge in [0.1, 0.15) is 13.2 Å². The smallest absolute Gasteiger partial charge is 0.308 e. The molecule has 12 nitrogen and oxygen atoms in total. The molecule has 0 bridgehead atoms. The lowest BCUT2D eigenvalue weighted by Crippen LogP contribution is -2.40. The van der Waals surface area contributed by atoms with Crippen molar-refractivity contribution in [2.45, 2.75) is 26.7 Å². The molecule has 0 saturated heterocycles. The van der Waals surface area contributed by atoms with Gasteiger partial charge in [-0.3, -0.25) is 14.4 Å². The second-order valence-electron chi connectivity index (χ2n) is 5.59. The van der Waals surface area contributed by atoms with Gasteiger partial charge in [-0.1, -0.05) is 24.1 Å². The van der Waals surface area contributed by atoms with E-state index in [4.69, 9.17) is 25.6 Å². The Morgan fingerprint density at radius 1 is 1.04 bits per heavy atom. The van der Waals surface area contributed by atoms with Crippen molar-refractivity contribution < 1.29 is 29.0 Å². The highest BCUT2D eigenvalue weighted by Crippen LogP contribution is 2.22. The highest BCUT2D eigenvalue weighted by molar-refractivity contribution is 5.76. The van der Waals surface area contributed by atoms with Gasteiger partial charge in [-0.15, -0.1) is 0 Å². The molecule has 0 aromatic heterocycles. The van der Waals surface area contributed by atoms with Crippen LogP contribution in [0.15, 0.2) is 10.2 Å². The van der Waals surface area contributed by atoms with Crippen molar-refractivity contribution in [3.8, 4) is 0 Å². The van der Waals surface area contributed by atoms with Gasteiger partial charge in [0.05, 0.1) is 18.8 Å². The third kappa shape index (κ3) is 9.69. The molecule has 25 heavy (non-hydrogen) atoms. The van der Waals surface area contributed by atoms with Crippen LogP contribution in [-0.4, -0.2) is 49.3 Å². The van der Waals surface area contributed by atoms with Crippen LogP contribution in [0.3, 0.4) is 0 Å². The monoisotopic (exact) mass is 356 g/mol. The molecule has 0 aliphatic carbocycles. The molecular formula is C13H20N6O6. The van der Waals surface area contributed by atoms with Crippen LogP contribution in [0.25, 0.3) is 20.9 Å². The van der Waals surface area contributed by atoms with Gasteiger partial charge in [0.15, 0.2) is 0 Å². The van der Waals surface area contributed by atoms with E-state index in [9.17, 15) is 14.4 Å². The first-order valence-corrected chi connectivity index (χ1v) is 7.32. The van der Waals surface area contributed by atoms with Crippen molar-refractivity contribution in [2.75, 3.05) is 26.3 Å². The lowest BCUT2D eigenvalue weighted by atomic mass is 9.90. The Bertz CT molecular complexity index is 560. The van der Waals surface area contributed by atoms with Crippen LogP contribution < -0.4 is 0 Å². The maximum Gasteiger partial charge on any atom is 0.308 e. The van der Waals surface area contributed by atoms with Crippen molar-refractivity contribution in [2.24, 2.45) is 21.6 Å². The molecule has 0 spiro atoms. The van der Waals surface area contributed by atoms with Gasteiger partial charge in [-0.25, -0.2) is 0 Å². The van der Waals surface area contributed by atoms with Crippen LogP contribution in [0.4, 0.5) is 0 Å². The molecule has 0 aliphatic heterocycles. The number of rotatable bonds is 12. The van der Waals surface area contributed by atoms with Crippen molar-refractivity contribution in [3.05, 3.63) is 20.9 Å². The number of carboxylic acids is 1. The van der Waals surface area contributed by atoms with Crippen LogP contribution >= 0.6 is 0 Å². The fourth-order valence-electron chi connectivity index (χ4n) is 1.54. The molecule has 1 N–H and O–H groups in total. The molecule has 0 amide bonds. The third-order valence-electron chi connectivity index (χ3n) is 3.01. The van der Waals surface area contributed by atoms with Gasteiger partial charge in [0.2, 0.25) is 0 Å². The number of carboxylic acid groups (broad SMARTS) is 1. The Morgan fingerprint density at radius 3 is 2.00 bits per heavy atom. The Morgan fingerprint density at radius 2 is 1.56 bits per heavy atom. The number of carbonyl (C=O) groups excluding carboxylic acids is 2. The van der Waals surface area contributed by atoms with E-state index in [2.05, 4.69) is 20.1 Å². The van der Waals surface area contributed by atoms with Gasteiger partial charge >= 0.3 is 17.9 Å². The minimum Gasteiger partial charge on any atom is -0.481 e. The van der Waals surface area contributed by atoms with Crippen LogP contribution in [0.5, 0.6) is 0 Å². The van der Waals surface area contributed by atoms with Crippen molar-refractivity contribution in [1.82, 2.24) is 0 Å². The molecule has 0 saturated carbocycles. The fraction of sp³-hybridized carbons (Fsp3) is 0.769. The molecule has 0 aromatic carbocycles. The van der Waals surface area contributed by atoms with Crippen LogP contribution in [0.1, 0.15) is 26.7 Å². The summed E-state index contributed by atoms with van der Waals surface area (Å²) in [5, 5.41) is 15.3. The van der Waals surface area contributed by atoms with Crippen molar-refractivity contribution in [1.29, 1.82) is 0 Å². The maximum absolute atomic E-state index is 11.7. The molecule has 0 aliphatic rings. The Balaban J connectivity index is 5.12. The van der Waals surface area contributed by atoms with Gasteiger partial charge in [0, 0.05) is 28.3 Å². The van der Waals surface area contributed by atoms with Gasteiger partial charge in [-0.2, -0.15) is 0 Å². The quantitative estimate of drug-likeness (QED) is 0.241. The predicted molar refractivity (Wildman–Crippen MR) is 84.1 cm³/mol. The summed E-state index contributed by atoms with van der Waals surface area (Å²) in [4.78, 5) is 38.9. The summed E-state index contributed by atoms with van der Waals surface area (Å²) in [5.74, 6) is -2.88. The number of esters is 2. The predicted octanol–water partition coefficient (Wildman–Crippen LogP) is 2.20. The standard InChI is InChI=1S/C13H20N6O6/c1-9(2)12(23)25-8-13(5-16-18-14,6-17-19-15)7-24-11(22)4-3-10(20)21/h9H,3-8H2,1-2H3,(H,20,21). The van der Waals surface area contributed by atoms with E-state index < -0.39 is 35.7 Å². The van der Waals surface area contributed by atoms with Gasteiger partial charge in [-0.05, 0) is 11.1 Å². The number of hydrogen-bond acceptors (Lipinski definition) is 7. The zero-order chi connectivity index (χ0) is 19.3. The van der Waals surface area contributed by atoms with E-state index in [0.717, 1.165) is 0 Å². The average molecular weight is 356 g/mol. The van der Waals surface area contributed by atoms with Crippen LogP contribution in [0, 0.1) is 11.3 Å². The number of carbonyl (C=O) groups is 3. The number of nitrogens with zero attached hydrogens (tertiary/aromatic N) is 6. The van der Waals surface area contributed by atoms with Gasteiger partial charge < -0.3 is 14.6 Å². The molecule has 0 fully saturated rings. The summed E-state index contributed by atoms with van der Waals surface area (Å²) in [5.41, 5.74) is 15.8. The number of aliphatic carboxylic acids is 1. The first kappa shape index (κ1) is 22.0. The Kier molecular flexibility index (Phi) is 10.2. The average Bonchev–Trinajstić information content (AvgIpc) is 2.58. The fourth-order valence-corrected chi connectivity index (χ4v) is 1.54. The zero-order valence-corrected chi connectivity index (χ0v) is 14.0. The second-order valence-corrected chi connectivity index (χ2v) is 5.59. The maximum atomic E-state index is 11.7. The summed E-state index contributed by atoms with van der Waals surface area (Å²) in [6.07, 6.45) is -0.749. The second kappa shape index (κ2) is 11.5. The van der Waals surface area contributed by atoms with E-state index in [-0.39, 0.29) is 32.7 Å². The molecule has 0 atom stereocenters. The number of azide groups is 2. The third-order valence-corrected chi connectivity index (χ3v) is 3.01. The van der Waals surface area contributed by atoms with Gasteiger partial charge in [0.25, 0.3) is 0 Å². The highest BCUT2D eigenvalue weighted by Gasteiger charge is 2.33.